The van der Waals surface area contributed by atoms with Crippen LogP contribution in [0, 0.1) is 0 Å². The third kappa shape index (κ3) is 32.7. The van der Waals surface area contributed by atoms with Crippen LogP contribution in [0.2, 0.25) is 0 Å². The number of aryl methyl sites for hydroxylation is 2. The Balaban J connectivity index is 1.78. The van der Waals surface area contributed by atoms with Gasteiger partial charge in [0.15, 0.2) is 0 Å². The molecule has 0 aliphatic rings. The molecule has 4 heteroatoms. The van der Waals surface area contributed by atoms with Crippen LogP contribution in [-0.4, -0.2) is 22.2 Å². The fraction of sp³-hybridized carbons (Fsp3) is 0.818. The Morgan fingerprint density at radius 3 is 0.646 bits per heavy atom. The molecule has 0 bridgehead atoms. The first-order valence-electron chi connectivity index (χ1n) is 21.1. The van der Waals surface area contributed by atoms with E-state index in [2.05, 4.69) is 24.3 Å². The second-order valence-corrected chi connectivity index (χ2v) is 14.9. The van der Waals surface area contributed by atoms with Crippen LogP contribution in [0.4, 0.5) is 0 Å². The summed E-state index contributed by atoms with van der Waals surface area (Å²) >= 11 is 0. The number of rotatable bonds is 38. The van der Waals surface area contributed by atoms with Crippen LogP contribution in [0.5, 0.6) is 0 Å². The van der Waals surface area contributed by atoms with Gasteiger partial charge in [-0.1, -0.05) is 204 Å². The van der Waals surface area contributed by atoms with Crippen LogP contribution >= 0.6 is 0 Å². The lowest BCUT2D eigenvalue weighted by Gasteiger charge is -2.06. The Bertz CT molecular complexity index is 764. The predicted molar refractivity (Wildman–Crippen MR) is 206 cm³/mol. The van der Waals surface area contributed by atoms with Gasteiger partial charge in [0.1, 0.15) is 0 Å². The summed E-state index contributed by atoms with van der Waals surface area (Å²) in [5.74, 6) is -1.31. The van der Waals surface area contributed by atoms with E-state index in [1.54, 1.807) is 0 Å². The van der Waals surface area contributed by atoms with Gasteiger partial charge in [-0.2, -0.15) is 0 Å². The quantitative estimate of drug-likeness (QED) is 0.0687. The summed E-state index contributed by atoms with van der Waals surface area (Å²) in [6.07, 6.45) is 45.1. The van der Waals surface area contributed by atoms with E-state index in [9.17, 15) is 9.59 Å². The Labute approximate surface area is 297 Å². The van der Waals surface area contributed by atoms with E-state index in [0.29, 0.717) is 12.8 Å². The summed E-state index contributed by atoms with van der Waals surface area (Å²) in [6, 6.07) is 9.51. The Kier molecular flexibility index (Phi) is 32.2. The first-order chi connectivity index (χ1) is 23.6. The molecule has 0 aliphatic carbocycles. The highest BCUT2D eigenvalue weighted by atomic mass is 16.4. The minimum atomic E-state index is -0.656. The molecule has 278 valence electrons. The summed E-state index contributed by atoms with van der Waals surface area (Å²) < 4.78 is 0. The first-order valence-corrected chi connectivity index (χ1v) is 21.1. The molecule has 0 unspecified atom stereocenters. The molecule has 0 amide bonds. The maximum Gasteiger partial charge on any atom is 0.303 e. The van der Waals surface area contributed by atoms with Crippen LogP contribution in [0.1, 0.15) is 229 Å². The fourth-order valence-corrected chi connectivity index (χ4v) is 7.03. The molecule has 0 heterocycles. The molecule has 1 aromatic carbocycles. The average Bonchev–Trinajstić information content (AvgIpc) is 3.07. The van der Waals surface area contributed by atoms with Crippen molar-refractivity contribution in [2.45, 2.75) is 231 Å². The van der Waals surface area contributed by atoms with Crippen LogP contribution in [-0.2, 0) is 22.4 Å². The average molecular weight is 671 g/mol. The molecule has 0 saturated carbocycles. The minimum absolute atomic E-state index is 0.336. The van der Waals surface area contributed by atoms with E-state index < -0.39 is 11.9 Å². The molecule has 0 aromatic heterocycles. The van der Waals surface area contributed by atoms with Crippen molar-refractivity contribution in [3.63, 3.8) is 0 Å². The lowest BCUT2D eigenvalue weighted by molar-refractivity contribution is -0.138. The highest BCUT2D eigenvalue weighted by Gasteiger charge is 2.01. The van der Waals surface area contributed by atoms with E-state index in [1.165, 1.54) is 204 Å². The van der Waals surface area contributed by atoms with Gasteiger partial charge < -0.3 is 10.2 Å². The van der Waals surface area contributed by atoms with Gasteiger partial charge in [-0.25, -0.2) is 0 Å². The maximum absolute atomic E-state index is 10.5. The highest BCUT2D eigenvalue weighted by molar-refractivity contribution is 5.66. The predicted octanol–water partition coefficient (Wildman–Crippen LogP) is 14.2. The molecular weight excluding hydrogens is 592 g/mol. The second kappa shape index (κ2) is 35.0. The fourth-order valence-electron chi connectivity index (χ4n) is 7.03. The number of aliphatic carboxylic acids is 2. The van der Waals surface area contributed by atoms with Crippen molar-refractivity contribution in [3.8, 4) is 0 Å². The van der Waals surface area contributed by atoms with Gasteiger partial charge in [0.05, 0.1) is 0 Å². The van der Waals surface area contributed by atoms with Crippen LogP contribution < -0.4 is 0 Å². The maximum atomic E-state index is 10.5. The zero-order valence-electron chi connectivity index (χ0n) is 31.5. The molecular formula is C44H78O4. The first kappa shape index (κ1) is 44.2. The van der Waals surface area contributed by atoms with Crippen molar-refractivity contribution in [1.82, 2.24) is 0 Å². The third-order valence-electron chi connectivity index (χ3n) is 10.2. The van der Waals surface area contributed by atoms with Crippen molar-refractivity contribution in [2.24, 2.45) is 0 Å². The second-order valence-electron chi connectivity index (χ2n) is 14.9. The topological polar surface area (TPSA) is 74.6 Å². The molecule has 4 nitrogen and oxygen atoms in total. The van der Waals surface area contributed by atoms with E-state index >= 15 is 0 Å². The molecule has 0 fully saturated rings. The normalized spacial score (nSPS) is 11.3. The van der Waals surface area contributed by atoms with E-state index in [4.69, 9.17) is 10.2 Å². The van der Waals surface area contributed by atoms with Crippen LogP contribution in [0.3, 0.4) is 0 Å². The molecule has 0 radical (unpaired) electrons. The highest BCUT2D eigenvalue weighted by Crippen LogP contribution is 2.17. The van der Waals surface area contributed by atoms with Crippen molar-refractivity contribution >= 4 is 11.9 Å². The number of unbranched alkanes of at least 4 members (excludes halogenated alkanes) is 30. The van der Waals surface area contributed by atoms with Gasteiger partial charge >= 0.3 is 11.9 Å². The number of carboxylic acid groups (broad SMARTS) is 2. The van der Waals surface area contributed by atoms with Crippen molar-refractivity contribution in [1.29, 1.82) is 0 Å². The lowest BCUT2D eigenvalue weighted by atomic mass is 10.0. The molecule has 0 atom stereocenters. The van der Waals surface area contributed by atoms with Crippen LogP contribution in [0.25, 0.3) is 0 Å². The zero-order chi connectivity index (χ0) is 34.6. The largest absolute Gasteiger partial charge is 0.481 e. The van der Waals surface area contributed by atoms with Gasteiger partial charge in [0, 0.05) is 12.8 Å². The summed E-state index contributed by atoms with van der Waals surface area (Å²) in [5, 5.41) is 17.3. The molecule has 48 heavy (non-hydrogen) atoms. The number of carbonyl (C=O) groups is 2. The van der Waals surface area contributed by atoms with Crippen molar-refractivity contribution < 1.29 is 19.8 Å². The van der Waals surface area contributed by atoms with Gasteiger partial charge in [-0.3, -0.25) is 9.59 Å². The van der Waals surface area contributed by atoms with Crippen molar-refractivity contribution in [2.75, 3.05) is 0 Å². The third-order valence-corrected chi connectivity index (χ3v) is 10.2. The SMILES string of the molecule is O=C(O)CCCCCCCCCCCCCCCCCCc1ccc(CCCCCCCCCCCCCCCCCCC(=O)O)cc1. The standard InChI is InChI=1S/C44H78O4/c45-43(46)35-31-27-23-19-15-11-7-3-1-5-9-13-17-21-25-29-33-41-37-39-42(40-38-41)34-30-26-22-18-14-10-6-2-4-8-12-16-20-24-28-32-36-44(47)48/h37-40H,1-36H2,(H,45,46)(H,47,48). The molecule has 0 spiro atoms. The monoisotopic (exact) mass is 671 g/mol. The number of hydrogen-bond acceptors (Lipinski definition) is 2. The lowest BCUT2D eigenvalue weighted by Crippen LogP contribution is -1.93. The van der Waals surface area contributed by atoms with Gasteiger partial charge in [0.2, 0.25) is 0 Å². The van der Waals surface area contributed by atoms with E-state index in [-0.39, 0.29) is 0 Å². The Morgan fingerprint density at radius 1 is 0.292 bits per heavy atom. The van der Waals surface area contributed by atoms with Crippen molar-refractivity contribution in [3.05, 3.63) is 35.4 Å². The van der Waals surface area contributed by atoms with Crippen LogP contribution in [0.15, 0.2) is 24.3 Å². The van der Waals surface area contributed by atoms with E-state index in [1.807, 2.05) is 0 Å². The summed E-state index contributed by atoms with van der Waals surface area (Å²) in [5.41, 5.74) is 3.03. The molecule has 0 aliphatic heterocycles. The van der Waals surface area contributed by atoms with Gasteiger partial charge in [-0.05, 0) is 49.7 Å². The molecule has 1 aromatic rings. The number of carboxylic acids is 2. The number of hydrogen-bond donors (Lipinski definition) is 2. The smallest absolute Gasteiger partial charge is 0.303 e. The molecule has 0 saturated heterocycles. The minimum Gasteiger partial charge on any atom is -0.481 e. The summed E-state index contributed by atoms with van der Waals surface area (Å²) in [7, 11) is 0. The summed E-state index contributed by atoms with van der Waals surface area (Å²) in [6.45, 7) is 0. The Hall–Kier alpha value is -1.84. The molecule has 1 rings (SSSR count). The number of benzene rings is 1. The van der Waals surface area contributed by atoms with E-state index in [0.717, 1.165) is 25.7 Å². The zero-order valence-corrected chi connectivity index (χ0v) is 31.5. The summed E-state index contributed by atoms with van der Waals surface area (Å²) in [4.78, 5) is 21.0. The Morgan fingerprint density at radius 2 is 0.458 bits per heavy atom. The van der Waals surface area contributed by atoms with Gasteiger partial charge in [0.25, 0.3) is 0 Å². The molecule has 2 N–H and O–H groups in total. The van der Waals surface area contributed by atoms with Gasteiger partial charge in [-0.15, -0.1) is 0 Å².